The molecule has 0 spiro atoms. The molecule has 2 rings (SSSR count). The molecular weight excluding hydrogens is 201 g/mol. The third kappa shape index (κ3) is 2.06. The maximum absolute atomic E-state index is 13.4. The van der Waals surface area contributed by atoms with E-state index >= 15 is 0 Å². The quantitative estimate of drug-likeness (QED) is 0.792. The number of halogens is 1. The molecule has 0 saturated carbocycles. The Kier molecular flexibility index (Phi) is 2.91. The number of hydrogen-bond donors (Lipinski definition) is 1. The third-order valence-electron chi connectivity index (χ3n) is 2.75. The van der Waals surface area contributed by atoms with E-state index < -0.39 is 0 Å². The third-order valence-corrected chi connectivity index (χ3v) is 2.75. The maximum atomic E-state index is 13.4. The van der Waals surface area contributed by atoms with Gasteiger partial charge in [-0.3, -0.25) is 0 Å². The van der Waals surface area contributed by atoms with Crippen molar-refractivity contribution >= 4 is 11.4 Å². The summed E-state index contributed by atoms with van der Waals surface area (Å²) in [6.07, 6.45) is 0. The lowest BCUT2D eigenvalue weighted by molar-refractivity contribution is 0.632. The second-order valence-corrected chi connectivity index (χ2v) is 3.85. The number of anilines is 2. The topological polar surface area (TPSA) is 12.0 Å². The number of para-hydroxylation sites is 1. The smallest absolute Gasteiger partial charge is 0.146 e. The molecule has 0 bridgehead atoms. The molecule has 2 aromatic carbocycles. The minimum absolute atomic E-state index is 0.233. The zero-order valence-electron chi connectivity index (χ0n) is 9.42. The van der Waals surface area contributed by atoms with Crippen LogP contribution in [0.3, 0.4) is 0 Å². The molecule has 1 N–H and O–H groups in total. The standard InChI is InChI=1S/C14H14FN/c1-10-6-5-9-13(11(10)2)16-14-8-4-3-7-12(14)15/h3-9,16H,1-2H3. The second-order valence-electron chi connectivity index (χ2n) is 3.85. The van der Waals surface area contributed by atoms with Gasteiger partial charge in [0.1, 0.15) is 5.82 Å². The fraction of sp³-hybridized carbons (Fsp3) is 0.143. The van der Waals surface area contributed by atoms with Gasteiger partial charge in [0.05, 0.1) is 5.69 Å². The molecule has 0 fully saturated rings. The fourth-order valence-corrected chi connectivity index (χ4v) is 1.59. The Morgan fingerprint density at radius 2 is 1.56 bits per heavy atom. The molecule has 0 radical (unpaired) electrons. The molecule has 0 unspecified atom stereocenters. The molecule has 0 heterocycles. The SMILES string of the molecule is Cc1cccc(Nc2ccccc2F)c1C. The van der Waals surface area contributed by atoms with E-state index in [1.807, 2.05) is 38.1 Å². The molecule has 16 heavy (non-hydrogen) atoms. The van der Waals surface area contributed by atoms with Crippen molar-refractivity contribution < 1.29 is 4.39 Å². The van der Waals surface area contributed by atoms with Gasteiger partial charge in [-0.05, 0) is 43.2 Å². The van der Waals surface area contributed by atoms with Crippen LogP contribution >= 0.6 is 0 Å². The van der Waals surface area contributed by atoms with E-state index in [9.17, 15) is 4.39 Å². The highest BCUT2D eigenvalue weighted by molar-refractivity contribution is 5.64. The minimum atomic E-state index is -0.233. The first-order chi connectivity index (χ1) is 7.68. The van der Waals surface area contributed by atoms with Crippen LogP contribution in [0.25, 0.3) is 0 Å². The zero-order chi connectivity index (χ0) is 11.5. The van der Waals surface area contributed by atoms with Crippen molar-refractivity contribution in [2.45, 2.75) is 13.8 Å². The van der Waals surface area contributed by atoms with Crippen LogP contribution in [-0.2, 0) is 0 Å². The van der Waals surface area contributed by atoms with E-state index in [-0.39, 0.29) is 5.82 Å². The van der Waals surface area contributed by atoms with Crippen LogP contribution in [0, 0.1) is 19.7 Å². The van der Waals surface area contributed by atoms with Gasteiger partial charge in [-0.2, -0.15) is 0 Å². The Labute approximate surface area is 94.9 Å². The van der Waals surface area contributed by atoms with Gasteiger partial charge in [0.25, 0.3) is 0 Å². The highest BCUT2D eigenvalue weighted by Gasteiger charge is 2.03. The summed E-state index contributed by atoms with van der Waals surface area (Å²) in [5, 5.41) is 3.11. The van der Waals surface area contributed by atoms with Gasteiger partial charge in [0.15, 0.2) is 0 Å². The van der Waals surface area contributed by atoms with E-state index in [2.05, 4.69) is 5.32 Å². The van der Waals surface area contributed by atoms with Gasteiger partial charge >= 0.3 is 0 Å². The molecule has 0 saturated heterocycles. The van der Waals surface area contributed by atoms with E-state index in [4.69, 9.17) is 0 Å². The van der Waals surface area contributed by atoms with Crippen LogP contribution in [0.5, 0.6) is 0 Å². The fourth-order valence-electron chi connectivity index (χ4n) is 1.59. The molecule has 0 atom stereocenters. The first-order valence-electron chi connectivity index (χ1n) is 5.26. The summed E-state index contributed by atoms with van der Waals surface area (Å²) < 4.78 is 13.4. The van der Waals surface area contributed by atoms with Gasteiger partial charge in [-0.1, -0.05) is 24.3 Å². The van der Waals surface area contributed by atoms with Crippen LogP contribution in [0.1, 0.15) is 11.1 Å². The monoisotopic (exact) mass is 215 g/mol. The number of rotatable bonds is 2. The number of benzene rings is 2. The van der Waals surface area contributed by atoms with E-state index in [1.54, 1.807) is 12.1 Å². The van der Waals surface area contributed by atoms with Crippen LogP contribution in [0.4, 0.5) is 15.8 Å². The molecule has 0 aliphatic heterocycles. The molecule has 0 aliphatic rings. The minimum Gasteiger partial charge on any atom is -0.353 e. The highest BCUT2D eigenvalue weighted by Crippen LogP contribution is 2.24. The average molecular weight is 215 g/mol. The van der Waals surface area contributed by atoms with Crippen molar-refractivity contribution in [1.29, 1.82) is 0 Å². The maximum Gasteiger partial charge on any atom is 0.146 e. The van der Waals surface area contributed by atoms with Crippen molar-refractivity contribution in [3.05, 3.63) is 59.4 Å². The second kappa shape index (κ2) is 4.35. The summed E-state index contributed by atoms with van der Waals surface area (Å²) in [6.45, 7) is 4.07. The first-order valence-corrected chi connectivity index (χ1v) is 5.26. The zero-order valence-corrected chi connectivity index (χ0v) is 9.42. The Bertz CT molecular complexity index is 506. The predicted molar refractivity (Wildman–Crippen MR) is 65.6 cm³/mol. The molecule has 82 valence electrons. The Morgan fingerprint density at radius 1 is 0.875 bits per heavy atom. The molecule has 0 amide bonds. The van der Waals surface area contributed by atoms with Crippen molar-refractivity contribution in [1.82, 2.24) is 0 Å². The van der Waals surface area contributed by atoms with Crippen molar-refractivity contribution in [2.75, 3.05) is 5.32 Å². The van der Waals surface area contributed by atoms with E-state index in [0.29, 0.717) is 5.69 Å². The lowest BCUT2D eigenvalue weighted by atomic mass is 10.1. The Morgan fingerprint density at radius 3 is 2.31 bits per heavy atom. The largest absolute Gasteiger partial charge is 0.353 e. The van der Waals surface area contributed by atoms with Gasteiger partial charge < -0.3 is 5.32 Å². The Balaban J connectivity index is 2.35. The molecule has 1 nitrogen and oxygen atoms in total. The lowest BCUT2D eigenvalue weighted by Gasteiger charge is -2.11. The molecule has 2 aromatic rings. The van der Waals surface area contributed by atoms with Gasteiger partial charge in [0.2, 0.25) is 0 Å². The number of hydrogen-bond acceptors (Lipinski definition) is 1. The summed E-state index contributed by atoms with van der Waals surface area (Å²) in [7, 11) is 0. The van der Waals surface area contributed by atoms with Gasteiger partial charge in [0, 0.05) is 5.69 Å². The number of nitrogens with one attached hydrogen (secondary N) is 1. The van der Waals surface area contributed by atoms with E-state index in [0.717, 1.165) is 11.3 Å². The molecule has 0 aliphatic carbocycles. The summed E-state index contributed by atoms with van der Waals surface area (Å²) in [5.74, 6) is -0.233. The van der Waals surface area contributed by atoms with Crippen LogP contribution in [0.2, 0.25) is 0 Å². The van der Waals surface area contributed by atoms with Crippen LogP contribution in [0.15, 0.2) is 42.5 Å². The normalized spacial score (nSPS) is 10.2. The van der Waals surface area contributed by atoms with Gasteiger partial charge in [-0.25, -0.2) is 4.39 Å². The summed E-state index contributed by atoms with van der Waals surface area (Å²) in [6, 6.07) is 12.6. The molecule has 0 aromatic heterocycles. The number of aryl methyl sites for hydroxylation is 1. The summed E-state index contributed by atoms with van der Waals surface area (Å²) >= 11 is 0. The molecule has 2 heteroatoms. The Hall–Kier alpha value is -1.83. The predicted octanol–water partition coefficient (Wildman–Crippen LogP) is 4.19. The lowest BCUT2D eigenvalue weighted by Crippen LogP contribution is -1.96. The summed E-state index contributed by atoms with van der Waals surface area (Å²) in [4.78, 5) is 0. The van der Waals surface area contributed by atoms with Gasteiger partial charge in [-0.15, -0.1) is 0 Å². The average Bonchev–Trinajstić information content (AvgIpc) is 2.28. The van der Waals surface area contributed by atoms with Crippen LogP contribution in [-0.4, -0.2) is 0 Å². The van der Waals surface area contributed by atoms with Crippen molar-refractivity contribution in [3.63, 3.8) is 0 Å². The van der Waals surface area contributed by atoms with Crippen molar-refractivity contribution in [2.24, 2.45) is 0 Å². The van der Waals surface area contributed by atoms with Crippen LogP contribution < -0.4 is 5.32 Å². The first kappa shape index (κ1) is 10.7. The molecular formula is C14H14FN. The van der Waals surface area contributed by atoms with Crippen molar-refractivity contribution in [3.8, 4) is 0 Å². The summed E-state index contributed by atoms with van der Waals surface area (Å²) in [5.41, 5.74) is 3.80. The van der Waals surface area contributed by atoms with E-state index in [1.165, 1.54) is 11.6 Å². The highest BCUT2D eigenvalue weighted by atomic mass is 19.1.